The number of rotatable bonds is 4. The summed E-state index contributed by atoms with van der Waals surface area (Å²) in [5, 5.41) is 11.2. The van der Waals surface area contributed by atoms with Gasteiger partial charge in [-0.1, -0.05) is 49.6 Å². The Morgan fingerprint density at radius 2 is 2.09 bits per heavy atom. The zero-order valence-electron chi connectivity index (χ0n) is 19.0. The fraction of sp³-hybridized carbons (Fsp3) is 0.520. The Balaban J connectivity index is 1.70. The molecule has 0 spiro atoms. The first-order valence-corrected chi connectivity index (χ1v) is 11.4. The molecule has 172 valence electrons. The number of ketones is 1. The van der Waals surface area contributed by atoms with Gasteiger partial charge in [0.1, 0.15) is 23.4 Å². The highest BCUT2D eigenvalue weighted by atomic mass is 35.5. The molecule has 0 aromatic carbocycles. The highest BCUT2D eigenvalue weighted by Crippen LogP contribution is 2.58. The minimum absolute atomic E-state index is 0.000248. The molecule has 0 bridgehead atoms. The first-order chi connectivity index (χ1) is 15.0. The van der Waals surface area contributed by atoms with Crippen LogP contribution in [0.25, 0.3) is 0 Å². The van der Waals surface area contributed by atoms with E-state index >= 15 is 0 Å². The molecule has 0 amide bonds. The van der Waals surface area contributed by atoms with Crippen molar-refractivity contribution in [2.75, 3.05) is 0 Å². The lowest BCUT2D eigenvalue weighted by atomic mass is 9.66. The molecular weight excluding hydrogens is 432 g/mol. The van der Waals surface area contributed by atoms with Crippen molar-refractivity contribution >= 4 is 23.4 Å². The molecule has 2 fully saturated rings. The first kappa shape index (κ1) is 23.0. The summed E-state index contributed by atoms with van der Waals surface area (Å²) in [4.78, 5) is 26.1. The number of Topliss-reactive ketones (excluding diaryl/α,β-unsaturated/α-hetero) is 1. The Morgan fingerprint density at radius 3 is 2.78 bits per heavy atom. The SMILES string of the molecule is CC[C@H](C)/C=C(C)/C=C/C1=CC2=C(Cl)C(=O)[C@@]3(C)OC4(O)C[C@H](C)OC(=O)[C@@H]4[C@H]3C2=CO1. The van der Waals surface area contributed by atoms with Crippen LogP contribution >= 0.6 is 11.6 Å². The lowest BCUT2D eigenvalue weighted by molar-refractivity contribution is -0.260. The van der Waals surface area contributed by atoms with Crippen molar-refractivity contribution in [1.29, 1.82) is 0 Å². The molecule has 3 aliphatic heterocycles. The van der Waals surface area contributed by atoms with Gasteiger partial charge in [0.2, 0.25) is 5.78 Å². The van der Waals surface area contributed by atoms with Crippen LogP contribution < -0.4 is 0 Å². The molecule has 0 aromatic heterocycles. The third-order valence-corrected chi connectivity index (χ3v) is 7.17. The monoisotopic (exact) mass is 460 g/mol. The summed E-state index contributed by atoms with van der Waals surface area (Å²) >= 11 is 6.50. The second-order valence-corrected chi connectivity index (χ2v) is 9.76. The normalized spacial score (nSPS) is 37.8. The third kappa shape index (κ3) is 3.58. The lowest BCUT2D eigenvalue weighted by Crippen LogP contribution is -2.50. The number of ether oxygens (including phenoxy) is 3. The number of allylic oxidation sites excluding steroid dienone is 6. The van der Waals surface area contributed by atoms with E-state index in [9.17, 15) is 14.7 Å². The Labute approximate surface area is 193 Å². The maximum atomic E-state index is 13.3. The van der Waals surface area contributed by atoms with Gasteiger partial charge in [-0.2, -0.15) is 0 Å². The molecule has 32 heavy (non-hydrogen) atoms. The number of esters is 1. The van der Waals surface area contributed by atoms with E-state index in [4.69, 9.17) is 25.8 Å². The standard InChI is InChI=1S/C25H29ClO6/c1-6-13(2)9-14(3)7-8-16-10-17-18(12-30-16)19-20-23(28)31-15(4)11-25(20,29)32-24(19,5)22(27)21(17)26/h7-10,12-13,15,19-20,29H,6,11H2,1-5H3/b8-7+,14-9+/t13-,15-,19+,20-,24-,25?/m0/s1. The molecule has 4 rings (SSSR count). The van der Waals surface area contributed by atoms with Crippen molar-refractivity contribution in [2.45, 2.75) is 65.0 Å². The average Bonchev–Trinajstić information content (AvgIpc) is 2.98. The van der Waals surface area contributed by atoms with Crippen LogP contribution in [0.3, 0.4) is 0 Å². The highest BCUT2D eigenvalue weighted by Gasteiger charge is 2.70. The van der Waals surface area contributed by atoms with E-state index in [1.165, 1.54) is 6.26 Å². The molecule has 7 heteroatoms. The predicted molar refractivity (Wildman–Crippen MR) is 119 cm³/mol. The summed E-state index contributed by atoms with van der Waals surface area (Å²) < 4.78 is 17.1. The van der Waals surface area contributed by atoms with Crippen molar-refractivity contribution in [3.05, 3.63) is 58.1 Å². The molecule has 1 unspecified atom stereocenters. The fourth-order valence-corrected chi connectivity index (χ4v) is 5.45. The van der Waals surface area contributed by atoms with Gasteiger partial charge in [0.25, 0.3) is 0 Å². The topological polar surface area (TPSA) is 82.1 Å². The Bertz CT molecular complexity index is 1020. The summed E-state index contributed by atoms with van der Waals surface area (Å²) in [5.74, 6) is -3.69. The number of fused-ring (bicyclic) bond motifs is 5. The smallest absolute Gasteiger partial charge is 0.315 e. The molecule has 2 saturated heterocycles. The van der Waals surface area contributed by atoms with Crippen LogP contribution in [0.4, 0.5) is 0 Å². The Hall–Kier alpha value is -2.15. The molecule has 0 saturated carbocycles. The van der Waals surface area contributed by atoms with Crippen LogP contribution in [-0.2, 0) is 23.8 Å². The summed E-state index contributed by atoms with van der Waals surface area (Å²) in [7, 11) is 0. The van der Waals surface area contributed by atoms with E-state index in [1.54, 1.807) is 19.9 Å². The van der Waals surface area contributed by atoms with Crippen molar-refractivity contribution in [2.24, 2.45) is 17.8 Å². The van der Waals surface area contributed by atoms with Gasteiger partial charge < -0.3 is 19.3 Å². The van der Waals surface area contributed by atoms with Crippen LogP contribution in [0, 0.1) is 17.8 Å². The molecule has 0 aromatic rings. The van der Waals surface area contributed by atoms with Gasteiger partial charge in [0.05, 0.1) is 11.3 Å². The van der Waals surface area contributed by atoms with Crippen molar-refractivity contribution in [3.8, 4) is 0 Å². The zero-order chi connectivity index (χ0) is 23.4. The van der Waals surface area contributed by atoms with Crippen LogP contribution in [0.1, 0.15) is 47.5 Å². The number of hydrogen-bond donors (Lipinski definition) is 1. The molecular formula is C25H29ClO6. The summed E-state index contributed by atoms with van der Waals surface area (Å²) in [5.41, 5.74) is 0.635. The minimum atomic E-state index is -1.81. The van der Waals surface area contributed by atoms with E-state index in [-0.39, 0.29) is 11.5 Å². The van der Waals surface area contributed by atoms with E-state index in [2.05, 4.69) is 19.9 Å². The van der Waals surface area contributed by atoms with Gasteiger partial charge in [-0.15, -0.1) is 0 Å². The highest BCUT2D eigenvalue weighted by molar-refractivity contribution is 6.45. The number of aliphatic hydroxyl groups is 1. The van der Waals surface area contributed by atoms with Gasteiger partial charge in [-0.25, -0.2) is 0 Å². The largest absolute Gasteiger partial charge is 0.465 e. The average molecular weight is 461 g/mol. The quantitative estimate of drug-likeness (QED) is 0.493. The third-order valence-electron chi connectivity index (χ3n) is 6.80. The van der Waals surface area contributed by atoms with Gasteiger partial charge in [0, 0.05) is 23.5 Å². The number of carbonyl (C=O) groups is 2. The van der Waals surface area contributed by atoms with Crippen molar-refractivity contribution < 1.29 is 28.9 Å². The molecule has 6 nitrogen and oxygen atoms in total. The number of carbonyl (C=O) groups excluding carboxylic acids is 2. The Kier molecular flexibility index (Phi) is 5.76. The van der Waals surface area contributed by atoms with Gasteiger partial charge in [-0.05, 0) is 38.8 Å². The molecule has 0 radical (unpaired) electrons. The van der Waals surface area contributed by atoms with E-state index in [0.717, 1.165) is 12.0 Å². The first-order valence-electron chi connectivity index (χ1n) is 11.0. The van der Waals surface area contributed by atoms with Crippen LogP contribution in [0.5, 0.6) is 0 Å². The van der Waals surface area contributed by atoms with Crippen molar-refractivity contribution in [1.82, 2.24) is 0 Å². The molecule has 6 atom stereocenters. The number of hydrogen-bond acceptors (Lipinski definition) is 6. The predicted octanol–water partition coefficient (Wildman–Crippen LogP) is 4.45. The Morgan fingerprint density at radius 1 is 1.38 bits per heavy atom. The molecule has 3 heterocycles. The van der Waals surface area contributed by atoms with E-state index < -0.39 is 41.1 Å². The van der Waals surface area contributed by atoms with Crippen LogP contribution in [0.2, 0.25) is 0 Å². The molecule has 4 aliphatic rings. The maximum absolute atomic E-state index is 13.3. The molecule has 1 aliphatic carbocycles. The number of halogens is 1. The van der Waals surface area contributed by atoms with E-state index in [1.807, 2.05) is 19.1 Å². The summed E-state index contributed by atoms with van der Waals surface area (Å²) in [6.07, 6.45) is 9.73. The van der Waals surface area contributed by atoms with E-state index in [0.29, 0.717) is 22.8 Å². The number of cyclic esters (lactones) is 1. The van der Waals surface area contributed by atoms with Crippen LogP contribution in [0.15, 0.2) is 58.1 Å². The summed E-state index contributed by atoms with van der Waals surface area (Å²) in [6, 6.07) is 0. The zero-order valence-corrected chi connectivity index (χ0v) is 19.7. The van der Waals surface area contributed by atoms with Gasteiger partial charge in [0.15, 0.2) is 5.79 Å². The fourth-order valence-electron chi connectivity index (χ4n) is 5.10. The maximum Gasteiger partial charge on any atom is 0.315 e. The second kappa shape index (κ2) is 8.01. The second-order valence-electron chi connectivity index (χ2n) is 9.38. The molecule has 1 N–H and O–H groups in total. The van der Waals surface area contributed by atoms with Crippen molar-refractivity contribution in [3.63, 3.8) is 0 Å². The van der Waals surface area contributed by atoms with Crippen LogP contribution in [-0.4, -0.2) is 34.4 Å². The van der Waals surface area contributed by atoms with Gasteiger partial charge >= 0.3 is 5.97 Å². The van der Waals surface area contributed by atoms with Gasteiger partial charge in [-0.3, -0.25) is 9.59 Å². The minimum Gasteiger partial charge on any atom is -0.465 e. The lowest BCUT2D eigenvalue weighted by Gasteiger charge is -2.38. The summed E-state index contributed by atoms with van der Waals surface area (Å²) in [6.45, 7) is 9.55.